The van der Waals surface area contributed by atoms with E-state index in [1.54, 1.807) is 14.0 Å². The molecule has 1 atom stereocenters. The molecule has 0 amide bonds. The van der Waals surface area contributed by atoms with Gasteiger partial charge in [0.05, 0.1) is 25.3 Å². The molecule has 0 bridgehead atoms. The molecule has 0 spiro atoms. The first kappa shape index (κ1) is 15.3. The lowest BCUT2D eigenvalue weighted by Gasteiger charge is -2.29. The summed E-state index contributed by atoms with van der Waals surface area (Å²) in [5.41, 5.74) is 2.16. The van der Waals surface area contributed by atoms with Crippen LogP contribution < -0.4 is 15.4 Å². The third kappa shape index (κ3) is 3.33. The molecular weight excluding hydrogens is 288 g/mol. The van der Waals surface area contributed by atoms with Crippen LogP contribution in [0, 0.1) is 0 Å². The molecule has 0 saturated heterocycles. The largest absolute Gasteiger partial charge is 0.497 e. The maximum absolute atomic E-state index is 12.2. The summed E-state index contributed by atoms with van der Waals surface area (Å²) in [6, 6.07) is 7.16. The summed E-state index contributed by atoms with van der Waals surface area (Å²) in [5.74, 6) is 0.409. The van der Waals surface area contributed by atoms with Crippen molar-refractivity contribution in [1.82, 2.24) is 10.6 Å². The minimum Gasteiger partial charge on any atom is -0.497 e. The van der Waals surface area contributed by atoms with Crippen molar-refractivity contribution in [2.24, 2.45) is 0 Å². The van der Waals surface area contributed by atoms with Gasteiger partial charge in [-0.25, -0.2) is 4.79 Å². The lowest BCUT2D eigenvalue weighted by molar-refractivity contribution is -0.139. The third-order valence-corrected chi connectivity index (χ3v) is 3.43. The molecule has 1 aromatic rings. The molecule has 1 aliphatic rings. The summed E-state index contributed by atoms with van der Waals surface area (Å²) in [6.07, 6.45) is 0. The van der Waals surface area contributed by atoms with E-state index in [0.29, 0.717) is 23.0 Å². The quantitative estimate of drug-likeness (QED) is 0.656. The number of ether oxygens (including phenoxy) is 2. The van der Waals surface area contributed by atoms with E-state index in [1.165, 1.54) is 0 Å². The molecule has 6 heteroatoms. The molecule has 21 heavy (non-hydrogen) atoms. The Morgan fingerprint density at radius 3 is 2.57 bits per heavy atom. The molecule has 2 N–H and O–H groups in total. The van der Waals surface area contributed by atoms with E-state index in [4.69, 9.17) is 21.7 Å². The molecule has 1 aliphatic heterocycles. The highest BCUT2D eigenvalue weighted by molar-refractivity contribution is 7.80. The highest BCUT2D eigenvalue weighted by Gasteiger charge is 2.30. The maximum Gasteiger partial charge on any atom is 0.338 e. The molecule has 0 aromatic heterocycles. The molecule has 2 rings (SSSR count). The number of benzene rings is 1. The highest BCUT2D eigenvalue weighted by atomic mass is 32.1. The van der Waals surface area contributed by atoms with Gasteiger partial charge in [-0.3, -0.25) is 0 Å². The second kappa shape index (κ2) is 6.58. The number of carbonyl (C=O) groups excluding carboxylic acids is 1. The minimum absolute atomic E-state index is 0.329. The van der Waals surface area contributed by atoms with Gasteiger partial charge < -0.3 is 20.1 Å². The van der Waals surface area contributed by atoms with E-state index in [1.807, 2.05) is 31.2 Å². The van der Waals surface area contributed by atoms with Gasteiger partial charge in [0.15, 0.2) is 5.11 Å². The first-order valence-corrected chi connectivity index (χ1v) is 7.07. The van der Waals surface area contributed by atoms with E-state index in [0.717, 1.165) is 11.3 Å². The number of methoxy groups -OCH3 is 1. The van der Waals surface area contributed by atoms with Gasteiger partial charge in [-0.05, 0) is 43.8 Å². The number of rotatable bonds is 4. The van der Waals surface area contributed by atoms with Crippen LogP contribution in [0.25, 0.3) is 0 Å². The summed E-state index contributed by atoms with van der Waals surface area (Å²) >= 11 is 5.18. The zero-order valence-corrected chi connectivity index (χ0v) is 13.0. The standard InChI is InChI=1S/C15H18N2O3S/c1-4-20-14(18)12-9(2)16-15(21)17-13(12)10-5-7-11(19-3)8-6-10/h5-8,13H,4H2,1-3H3,(H2,16,17,21)/t13-/m0/s1. The van der Waals surface area contributed by atoms with Gasteiger partial charge in [-0.1, -0.05) is 12.1 Å². The average Bonchev–Trinajstić information content (AvgIpc) is 2.46. The molecule has 112 valence electrons. The maximum atomic E-state index is 12.2. The first-order chi connectivity index (χ1) is 10.1. The molecule has 0 fully saturated rings. The Morgan fingerprint density at radius 1 is 1.33 bits per heavy atom. The van der Waals surface area contributed by atoms with E-state index in [-0.39, 0.29) is 12.0 Å². The monoisotopic (exact) mass is 306 g/mol. The van der Waals surface area contributed by atoms with E-state index in [2.05, 4.69) is 10.6 Å². The van der Waals surface area contributed by atoms with Crippen LogP contribution in [0.15, 0.2) is 35.5 Å². The van der Waals surface area contributed by atoms with Gasteiger partial charge in [-0.15, -0.1) is 0 Å². The van der Waals surface area contributed by atoms with E-state index in [9.17, 15) is 4.79 Å². The summed E-state index contributed by atoms with van der Waals surface area (Å²) in [6.45, 7) is 3.93. The van der Waals surface area contributed by atoms with Gasteiger partial charge in [0, 0.05) is 5.70 Å². The summed E-state index contributed by atoms with van der Waals surface area (Å²) in [5, 5.41) is 6.56. The van der Waals surface area contributed by atoms with Crippen molar-refractivity contribution in [3.63, 3.8) is 0 Å². The van der Waals surface area contributed by atoms with Gasteiger partial charge in [0.1, 0.15) is 5.75 Å². The Kier molecular flexibility index (Phi) is 4.80. The van der Waals surface area contributed by atoms with Crippen LogP contribution in [-0.2, 0) is 9.53 Å². The van der Waals surface area contributed by atoms with Gasteiger partial charge in [0.2, 0.25) is 0 Å². The van der Waals surface area contributed by atoms with Crippen molar-refractivity contribution in [2.45, 2.75) is 19.9 Å². The zero-order chi connectivity index (χ0) is 15.4. The predicted octanol–water partition coefficient (Wildman–Crippen LogP) is 2.05. The molecule has 1 aromatic carbocycles. The zero-order valence-electron chi connectivity index (χ0n) is 12.2. The summed E-state index contributed by atoms with van der Waals surface area (Å²) < 4.78 is 10.3. The number of hydrogen-bond donors (Lipinski definition) is 2. The molecule has 0 aliphatic carbocycles. The van der Waals surface area contributed by atoms with E-state index >= 15 is 0 Å². The van der Waals surface area contributed by atoms with Crippen molar-refractivity contribution in [3.05, 3.63) is 41.1 Å². The lowest BCUT2D eigenvalue weighted by Crippen LogP contribution is -2.45. The van der Waals surface area contributed by atoms with E-state index < -0.39 is 0 Å². The van der Waals surface area contributed by atoms with Crippen LogP contribution in [-0.4, -0.2) is 24.8 Å². The van der Waals surface area contributed by atoms with Crippen LogP contribution in [0.1, 0.15) is 25.5 Å². The number of thiocarbonyl (C=S) groups is 1. The van der Waals surface area contributed by atoms with Crippen LogP contribution in [0.3, 0.4) is 0 Å². The predicted molar refractivity (Wildman–Crippen MR) is 83.9 cm³/mol. The number of carbonyl (C=O) groups is 1. The number of esters is 1. The Labute approximate surface area is 129 Å². The fourth-order valence-corrected chi connectivity index (χ4v) is 2.49. The number of nitrogens with one attached hydrogen (secondary N) is 2. The molecular formula is C15H18N2O3S. The minimum atomic E-state index is -0.349. The highest BCUT2D eigenvalue weighted by Crippen LogP contribution is 2.28. The SMILES string of the molecule is CCOC(=O)C1=C(C)NC(=S)N[C@H]1c1ccc(OC)cc1. The molecule has 0 radical (unpaired) electrons. The van der Waals surface area contributed by atoms with Crippen LogP contribution in [0.2, 0.25) is 0 Å². The normalized spacial score (nSPS) is 17.9. The Balaban J connectivity index is 2.39. The third-order valence-electron chi connectivity index (χ3n) is 3.21. The lowest BCUT2D eigenvalue weighted by atomic mass is 9.95. The smallest absolute Gasteiger partial charge is 0.338 e. The second-order valence-electron chi connectivity index (χ2n) is 4.56. The van der Waals surface area contributed by atoms with Crippen LogP contribution in [0.5, 0.6) is 5.75 Å². The topological polar surface area (TPSA) is 59.6 Å². The molecule has 0 unspecified atom stereocenters. The van der Waals surface area contributed by atoms with Gasteiger partial charge >= 0.3 is 5.97 Å². The van der Waals surface area contributed by atoms with Crippen molar-refractivity contribution < 1.29 is 14.3 Å². The fraction of sp³-hybridized carbons (Fsp3) is 0.333. The van der Waals surface area contributed by atoms with Crippen molar-refractivity contribution >= 4 is 23.3 Å². The Hall–Kier alpha value is -2.08. The molecule has 5 nitrogen and oxygen atoms in total. The number of allylic oxidation sites excluding steroid dienone is 1. The van der Waals surface area contributed by atoms with Crippen molar-refractivity contribution in [3.8, 4) is 5.75 Å². The van der Waals surface area contributed by atoms with Gasteiger partial charge in [-0.2, -0.15) is 0 Å². The van der Waals surface area contributed by atoms with Crippen LogP contribution >= 0.6 is 12.2 Å². The summed E-state index contributed by atoms with van der Waals surface area (Å²) in [4.78, 5) is 12.2. The first-order valence-electron chi connectivity index (χ1n) is 6.66. The van der Waals surface area contributed by atoms with Gasteiger partial charge in [0.25, 0.3) is 0 Å². The number of hydrogen-bond acceptors (Lipinski definition) is 4. The van der Waals surface area contributed by atoms with Crippen molar-refractivity contribution in [2.75, 3.05) is 13.7 Å². The molecule has 1 heterocycles. The van der Waals surface area contributed by atoms with Crippen LogP contribution in [0.4, 0.5) is 0 Å². The average molecular weight is 306 g/mol. The second-order valence-corrected chi connectivity index (χ2v) is 4.97. The fourth-order valence-electron chi connectivity index (χ4n) is 2.22. The summed E-state index contributed by atoms with van der Waals surface area (Å²) in [7, 11) is 1.61. The van der Waals surface area contributed by atoms with Crippen molar-refractivity contribution in [1.29, 1.82) is 0 Å². The molecule has 0 saturated carbocycles. The Morgan fingerprint density at radius 2 is 2.00 bits per heavy atom. The Bertz CT molecular complexity index is 581.